The van der Waals surface area contributed by atoms with Crippen LogP contribution in [-0.4, -0.2) is 36.6 Å². The number of nitrogens with zero attached hydrogens (tertiary/aromatic N) is 1. The molecule has 0 saturated carbocycles. The Balaban J connectivity index is 1.62. The van der Waals surface area contributed by atoms with Crippen molar-refractivity contribution in [2.75, 3.05) is 18.6 Å². The average molecular weight is 549 g/mol. The van der Waals surface area contributed by atoms with Gasteiger partial charge in [0.15, 0.2) is 5.78 Å². The van der Waals surface area contributed by atoms with Gasteiger partial charge in [0.25, 0.3) is 5.91 Å². The van der Waals surface area contributed by atoms with Gasteiger partial charge in [0.1, 0.15) is 5.75 Å². The molecular formula is C25H23BrClNO4S. The third-order valence-electron chi connectivity index (χ3n) is 5.56. The fourth-order valence-corrected chi connectivity index (χ4v) is 5.52. The van der Waals surface area contributed by atoms with E-state index in [1.54, 1.807) is 32.2 Å². The van der Waals surface area contributed by atoms with Crippen molar-refractivity contribution in [2.45, 2.75) is 32.3 Å². The topological polar surface area (TPSA) is 66.8 Å². The molecule has 0 fully saturated rings. The molecule has 3 aromatic rings. The van der Waals surface area contributed by atoms with Crippen molar-refractivity contribution in [3.63, 3.8) is 0 Å². The number of carbonyl (C=O) groups is 2. The van der Waals surface area contributed by atoms with E-state index in [0.717, 1.165) is 26.2 Å². The molecule has 1 N–H and O–H groups in total. The van der Waals surface area contributed by atoms with Gasteiger partial charge in [-0.1, -0.05) is 27.5 Å². The number of amides is 1. The largest absolute Gasteiger partial charge is 0.493 e. The van der Waals surface area contributed by atoms with E-state index in [1.807, 2.05) is 24.3 Å². The molecule has 0 aliphatic carbocycles. The third-order valence-corrected chi connectivity index (χ3v) is 7.57. The highest BCUT2D eigenvalue weighted by Gasteiger charge is 2.24. The molecule has 1 amide bonds. The summed E-state index contributed by atoms with van der Waals surface area (Å²) in [5.41, 5.74) is 2.99. The normalized spacial score (nSPS) is 13.4. The number of benzene rings is 2. The van der Waals surface area contributed by atoms with Crippen LogP contribution in [0.15, 0.2) is 46.9 Å². The number of aliphatic hydroxyl groups excluding tert-OH is 1. The van der Waals surface area contributed by atoms with Crippen LogP contribution in [0.4, 0.5) is 5.69 Å². The molecule has 4 rings (SSSR count). The van der Waals surface area contributed by atoms with Gasteiger partial charge in [-0.05, 0) is 61.4 Å². The van der Waals surface area contributed by atoms with Crippen molar-refractivity contribution in [1.82, 2.24) is 0 Å². The summed E-state index contributed by atoms with van der Waals surface area (Å²) < 4.78 is 6.83. The molecule has 1 aliphatic rings. The van der Waals surface area contributed by atoms with Crippen LogP contribution in [0, 0.1) is 0 Å². The van der Waals surface area contributed by atoms with Gasteiger partial charge in [-0.15, -0.1) is 11.3 Å². The van der Waals surface area contributed by atoms with Gasteiger partial charge in [-0.25, -0.2) is 0 Å². The van der Waals surface area contributed by atoms with Crippen molar-refractivity contribution in [3.05, 3.63) is 68.0 Å². The fraction of sp³-hybridized carbons (Fsp3) is 0.280. The van der Waals surface area contributed by atoms with Crippen LogP contribution in [0.25, 0.3) is 10.4 Å². The Labute approximate surface area is 210 Å². The standard InChI is InChI=1S/C25H23BrClNO4S/c1-14(29)3-8-21(30)15-4-7-19(27)20(11-15)28(2)25(31)23-12-16-9-10-32-22-13-17(26)5-6-18(22)24(16)33-23/h4-7,11-14,29H,3,8-10H2,1-2H3/t14-/m1/s1. The zero-order valence-electron chi connectivity index (χ0n) is 18.2. The first-order chi connectivity index (χ1) is 15.7. The molecule has 2 aromatic carbocycles. The van der Waals surface area contributed by atoms with Gasteiger partial charge < -0.3 is 14.7 Å². The molecule has 0 bridgehead atoms. The molecule has 0 unspecified atom stereocenters. The van der Waals surface area contributed by atoms with E-state index in [9.17, 15) is 14.7 Å². The summed E-state index contributed by atoms with van der Waals surface area (Å²) in [6, 6.07) is 12.7. The van der Waals surface area contributed by atoms with Gasteiger partial charge in [0.2, 0.25) is 0 Å². The summed E-state index contributed by atoms with van der Waals surface area (Å²) in [5.74, 6) is 0.507. The molecule has 2 heterocycles. The van der Waals surface area contributed by atoms with E-state index in [0.29, 0.717) is 40.6 Å². The SMILES string of the molecule is C[C@@H](O)CCC(=O)c1ccc(Cl)c(N(C)C(=O)c2cc3c(s2)-c2ccc(Br)cc2OCC3)c1. The lowest BCUT2D eigenvalue weighted by molar-refractivity contribution is 0.0947. The molecular weight excluding hydrogens is 526 g/mol. The summed E-state index contributed by atoms with van der Waals surface area (Å²) in [7, 11) is 1.66. The molecule has 0 radical (unpaired) electrons. The molecule has 0 saturated heterocycles. The van der Waals surface area contributed by atoms with E-state index in [2.05, 4.69) is 15.9 Å². The Kier molecular flexibility index (Phi) is 7.24. The van der Waals surface area contributed by atoms with Crippen molar-refractivity contribution in [3.8, 4) is 16.2 Å². The Morgan fingerprint density at radius 2 is 2.03 bits per heavy atom. The second-order valence-electron chi connectivity index (χ2n) is 8.05. The van der Waals surface area contributed by atoms with Gasteiger partial charge in [-0.3, -0.25) is 9.59 Å². The predicted molar refractivity (Wildman–Crippen MR) is 136 cm³/mol. The second kappa shape index (κ2) is 9.97. The van der Waals surface area contributed by atoms with E-state index in [4.69, 9.17) is 16.3 Å². The molecule has 8 heteroatoms. The fourth-order valence-electron chi connectivity index (χ4n) is 3.72. The molecule has 1 aliphatic heterocycles. The Bertz CT molecular complexity index is 1220. The number of Topliss-reactive ketones (excluding diaryl/α,β-unsaturated/α-hetero) is 1. The monoisotopic (exact) mass is 547 g/mol. The predicted octanol–water partition coefficient (Wildman–Crippen LogP) is 6.39. The number of hydrogen-bond acceptors (Lipinski definition) is 5. The maximum Gasteiger partial charge on any atom is 0.268 e. The number of rotatable bonds is 6. The minimum atomic E-state index is -0.546. The van der Waals surface area contributed by atoms with E-state index >= 15 is 0 Å². The van der Waals surface area contributed by atoms with Crippen LogP contribution >= 0.6 is 38.9 Å². The number of thiophene rings is 1. The van der Waals surface area contributed by atoms with Crippen molar-refractivity contribution in [1.29, 1.82) is 0 Å². The Morgan fingerprint density at radius 3 is 2.79 bits per heavy atom. The van der Waals surface area contributed by atoms with E-state index in [1.165, 1.54) is 16.2 Å². The van der Waals surface area contributed by atoms with Gasteiger partial charge in [0, 0.05) is 40.4 Å². The Morgan fingerprint density at radius 1 is 1.24 bits per heavy atom. The first-order valence-corrected chi connectivity index (χ1v) is 12.6. The molecule has 172 valence electrons. The molecule has 1 atom stereocenters. The number of halogens is 2. The highest BCUT2D eigenvalue weighted by Crippen LogP contribution is 2.42. The summed E-state index contributed by atoms with van der Waals surface area (Å²) in [6.07, 6.45) is 0.777. The highest BCUT2D eigenvalue weighted by molar-refractivity contribution is 9.10. The summed E-state index contributed by atoms with van der Waals surface area (Å²) in [4.78, 5) is 29.0. The minimum absolute atomic E-state index is 0.0970. The highest BCUT2D eigenvalue weighted by atomic mass is 79.9. The molecule has 1 aromatic heterocycles. The first-order valence-electron chi connectivity index (χ1n) is 10.6. The summed E-state index contributed by atoms with van der Waals surface area (Å²) in [6.45, 7) is 2.19. The van der Waals surface area contributed by atoms with Crippen LogP contribution in [0.3, 0.4) is 0 Å². The van der Waals surface area contributed by atoms with Gasteiger partial charge in [-0.2, -0.15) is 0 Å². The Hall–Kier alpha value is -2.19. The minimum Gasteiger partial charge on any atom is -0.493 e. The quantitative estimate of drug-likeness (QED) is 0.363. The lowest BCUT2D eigenvalue weighted by atomic mass is 10.0. The third kappa shape index (κ3) is 5.17. The van der Waals surface area contributed by atoms with Gasteiger partial charge >= 0.3 is 0 Å². The number of ketones is 1. The van der Waals surface area contributed by atoms with E-state index < -0.39 is 6.10 Å². The van der Waals surface area contributed by atoms with Crippen LogP contribution in [0.5, 0.6) is 5.75 Å². The number of ether oxygens (including phenoxy) is 1. The van der Waals surface area contributed by atoms with Crippen LogP contribution in [0.2, 0.25) is 5.02 Å². The smallest absolute Gasteiger partial charge is 0.268 e. The zero-order valence-corrected chi connectivity index (χ0v) is 21.4. The zero-order chi connectivity index (χ0) is 23.7. The average Bonchev–Trinajstić information content (AvgIpc) is 3.13. The van der Waals surface area contributed by atoms with Crippen molar-refractivity contribution >= 4 is 56.2 Å². The maximum atomic E-state index is 13.4. The first kappa shape index (κ1) is 24.0. The summed E-state index contributed by atoms with van der Waals surface area (Å²) in [5, 5.41) is 9.85. The van der Waals surface area contributed by atoms with Crippen molar-refractivity contribution < 1.29 is 19.4 Å². The number of aliphatic hydroxyl groups is 1. The maximum absolute atomic E-state index is 13.4. The van der Waals surface area contributed by atoms with Crippen molar-refractivity contribution in [2.24, 2.45) is 0 Å². The number of carbonyl (C=O) groups excluding carboxylic acids is 2. The number of anilines is 1. The summed E-state index contributed by atoms with van der Waals surface area (Å²) >= 11 is 11.3. The van der Waals surface area contributed by atoms with Crippen LogP contribution < -0.4 is 9.64 Å². The number of hydrogen-bond donors (Lipinski definition) is 1. The van der Waals surface area contributed by atoms with E-state index in [-0.39, 0.29) is 18.1 Å². The number of fused-ring (bicyclic) bond motifs is 3. The lowest BCUT2D eigenvalue weighted by Gasteiger charge is -2.19. The second-order valence-corrected chi connectivity index (χ2v) is 10.4. The van der Waals surface area contributed by atoms with Crippen LogP contribution in [0.1, 0.15) is 45.4 Å². The van der Waals surface area contributed by atoms with Gasteiger partial charge in [0.05, 0.1) is 28.3 Å². The van der Waals surface area contributed by atoms with Crippen LogP contribution in [-0.2, 0) is 6.42 Å². The molecule has 5 nitrogen and oxygen atoms in total. The molecule has 33 heavy (non-hydrogen) atoms. The lowest BCUT2D eigenvalue weighted by Crippen LogP contribution is -2.26. The molecule has 0 spiro atoms.